The second-order valence-corrected chi connectivity index (χ2v) is 10.2. The van der Waals surface area contributed by atoms with E-state index in [4.69, 9.17) is 9.15 Å². The van der Waals surface area contributed by atoms with E-state index in [0.717, 1.165) is 53.0 Å². The summed E-state index contributed by atoms with van der Waals surface area (Å²) < 4.78 is 12.5. The third-order valence-corrected chi connectivity index (χ3v) is 7.31. The molecule has 5 rings (SSSR count). The van der Waals surface area contributed by atoms with E-state index in [1.807, 2.05) is 37.3 Å². The molecule has 0 bridgehead atoms. The summed E-state index contributed by atoms with van der Waals surface area (Å²) in [4.78, 5) is 32.0. The molecule has 0 saturated carbocycles. The van der Waals surface area contributed by atoms with E-state index >= 15 is 0 Å². The quantitative estimate of drug-likeness (QED) is 0.140. The number of ether oxygens (including phenoxy) is 1. The monoisotopic (exact) mass is 553 g/mol. The highest BCUT2D eigenvalue weighted by atomic mass is 16.5. The Hall–Kier alpha value is -4.79. The van der Waals surface area contributed by atoms with Gasteiger partial charge in [-0.1, -0.05) is 18.2 Å². The summed E-state index contributed by atoms with van der Waals surface area (Å²) in [5, 5.41) is 7.13. The first-order valence-corrected chi connectivity index (χ1v) is 13.7. The third kappa shape index (κ3) is 6.04. The summed E-state index contributed by atoms with van der Waals surface area (Å²) in [6, 6.07) is 13.9. The van der Waals surface area contributed by atoms with Gasteiger partial charge in [0, 0.05) is 82.2 Å². The van der Waals surface area contributed by atoms with Gasteiger partial charge >= 0.3 is 0 Å². The number of benzene rings is 2. The van der Waals surface area contributed by atoms with Crippen LogP contribution in [0.2, 0.25) is 0 Å². The molecule has 0 saturated heterocycles. The van der Waals surface area contributed by atoms with Gasteiger partial charge in [-0.2, -0.15) is 0 Å². The highest BCUT2D eigenvalue weighted by molar-refractivity contribution is 5.93. The summed E-state index contributed by atoms with van der Waals surface area (Å²) in [7, 11) is 5.64. The molecular weight excluding hydrogens is 518 g/mol. The summed E-state index contributed by atoms with van der Waals surface area (Å²) >= 11 is 0. The molecule has 0 unspecified atom stereocenters. The van der Waals surface area contributed by atoms with Gasteiger partial charge in [0.05, 0.1) is 5.69 Å². The number of rotatable bonds is 11. The summed E-state index contributed by atoms with van der Waals surface area (Å²) in [6.07, 6.45) is 7.26. The zero-order valence-electron chi connectivity index (χ0n) is 23.9. The number of carbonyl (C=O) groups is 2. The van der Waals surface area contributed by atoms with Gasteiger partial charge in [0.25, 0.3) is 0 Å². The molecule has 41 heavy (non-hydrogen) atoms. The molecule has 0 radical (unpaired) electrons. The van der Waals surface area contributed by atoms with Crippen molar-refractivity contribution in [3.63, 3.8) is 0 Å². The Labute approximate surface area is 239 Å². The number of para-hydroxylation sites is 1. The third-order valence-electron chi connectivity index (χ3n) is 7.31. The number of amides is 1. The number of hydrogen-bond donors (Lipinski definition) is 2. The normalized spacial score (nSPS) is 12.5. The van der Waals surface area contributed by atoms with Crippen LogP contribution in [0.4, 0.5) is 17.2 Å². The number of fused-ring (bicyclic) bond motifs is 2. The summed E-state index contributed by atoms with van der Waals surface area (Å²) in [6.45, 7) is 3.80. The van der Waals surface area contributed by atoms with E-state index in [1.165, 1.54) is 17.3 Å². The Morgan fingerprint density at radius 2 is 2.10 bits per heavy atom. The molecule has 9 heteroatoms. The van der Waals surface area contributed by atoms with Crippen LogP contribution in [0.1, 0.15) is 28.9 Å². The number of likely N-dealkylation sites (N-methyl/N-ethyl adjacent to an activating group) is 2. The van der Waals surface area contributed by atoms with Crippen LogP contribution in [-0.2, 0) is 22.6 Å². The lowest BCUT2D eigenvalue weighted by molar-refractivity contribution is -0.125. The van der Waals surface area contributed by atoms with Gasteiger partial charge in [-0.15, -0.1) is 0 Å². The molecule has 2 aromatic carbocycles. The van der Waals surface area contributed by atoms with E-state index in [9.17, 15) is 9.59 Å². The largest absolute Gasteiger partial charge is 0.457 e. The maximum absolute atomic E-state index is 13.0. The summed E-state index contributed by atoms with van der Waals surface area (Å²) in [5.41, 5.74) is 5.65. The fourth-order valence-electron chi connectivity index (χ4n) is 5.03. The number of pyridine rings is 1. The molecule has 212 valence electrons. The van der Waals surface area contributed by atoms with E-state index in [-0.39, 0.29) is 5.91 Å². The molecular formula is C32H35N5O4. The Morgan fingerprint density at radius 3 is 2.90 bits per heavy atom. The molecule has 1 amide bonds. The number of furan rings is 1. The van der Waals surface area contributed by atoms with Gasteiger partial charge in [-0.05, 0) is 48.7 Å². The molecule has 0 aliphatic carbocycles. The smallest absolute Gasteiger partial charge is 0.246 e. The van der Waals surface area contributed by atoms with Crippen molar-refractivity contribution in [2.75, 3.05) is 49.8 Å². The van der Waals surface area contributed by atoms with Gasteiger partial charge < -0.3 is 34.4 Å². The second kappa shape index (κ2) is 12.2. The first-order chi connectivity index (χ1) is 19.9. The zero-order valence-corrected chi connectivity index (χ0v) is 23.9. The molecule has 0 atom stereocenters. The zero-order chi connectivity index (χ0) is 28.9. The average Bonchev–Trinajstić information content (AvgIpc) is 3.51. The number of hydrogen-bond acceptors (Lipinski definition) is 8. The van der Waals surface area contributed by atoms with Gasteiger partial charge in [0.15, 0.2) is 11.3 Å². The second-order valence-electron chi connectivity index (χ2n) is 10.2. The molecule has 1 aliphatic rings. The van der Waals surface area contributed by atoms with Crippen LogP contribution in [0, 0.1) is 6.92 Å². The van der Waals surface area contributed by atoms with Crippen LogP contribution in [0.25, 0.3) is 17.0 Å². The van der Waals surface area contributed by atoms with Crippen molar-refractivity contribution in [3.8, 4) is 11.5 Å². The number of anilines is 3. The lowest BCUT2D eigenvalue weighted by Crippen LogP contribution is -2.24. The number of aryl methyl sites for hydroxylation is 1. The van der Waals surface area contributed by atoms with Crippen LogP contribution < -0.4 is 20.3 Å². The topological polar surface area (TPSA) is 99.9 Å². The minimum atomic E-state index is -0.151. The minimum absolute atomic E-state index is 0.151. The van der Waals surface area contributed by atoms with Gasteiger partial charge in [-0.3, -0.25) is 4.79 Å². The van der Waals surface area contributed by atoms with E-state index in [0.29, 0.717) is 36.7 Å². The van der Waals surface area contributed by atoms with Crippen molar-refractivity contribution in [1.29, 1.82) is 0 Å². The van der Waals surface area contributed by atoms with E-state index < -0.39 is 0 Å². The Morgan fingerprint density at radius 1 is 1.24 bits per heavy atom. The molecule has 4 aromatic rings. The van der Waals surface area contributed by atoms with E-state index in [2.05, 4.69) is 39.7 Å². The number of carbonyl (C=O) groups excluding carboxylic acids is 2. The van der Waals surface area contributed by atoms with Gasteiger partial charge in [0.1, 0.15) is 23.6 Å². The first-order valence-electron chi connectivity index (χ1n) is 13.7. The Kier molecular flexibility index (Phi) is 8.24. The van der Waals surface area contributed by atoms with Crippen LogP contribution in [0.5, 0.6) is 11.5 Å². The van der Waals surface area contributed by atoms with Crippen molar-refractivity contribution in [2.24, 2.45) is 0 Å². The molecule has 1 aliphatic heterocycles. The van der Waals surface area contributed by atoms with Crippen LogP contribution in [-0.4, -0.2) is 56.3 Å². The lowest BCUT2D eigenvalue weighted by Gasteiger charge is -2.15. The predicted molar refractivity (Wildman–Crippen MR) is 163 cm³/mol. The van der Waals surface area contributed by atoms with Crippen molar-refractivity contribution in [1.82, 2.24) is 9.88 Å². The molecule has 0 spiro atoms. The van der Waals surface area contributed by atoms with E-state index in [1.54, 1.807) is 31.3 Å². The number of nitrogens with zero attached hydrogens (tertiary/aromatic N) is 3. The highest BCUT2D eigenvalue weighted by Gasteiger charge is 2.20. The minimum Gasteiger partial charge on any atom is -0.457 e. The van der Waals surface area contributed by atoms with Crippen molar-refractivity contribution < 1.29 is 18.7 Å². The van der Waals surface area contributed by atoms with Gasteiger partial charge in [0.2, 0.25) is 5.91 Å². The van der Waals surface area contributed by atoms with Crippen LogP contribution >= 0.6 is 0 Å². The maximum Gasteiger partial charge on any atom is 0.246 e. The Bertz CT molecular complexity index is 1610. The standard InChI is InChI=1S/C32H35N5O4/c1-21-26(20-37(4)30(39)12-9-22-17-27(34-14-6-16-38)32(33-2)35-19-22)25-7-5-8-29(31(25)40-21)41-24-11-10-23-13-15-36(3)28(23)18-24/h5,7-12,16-19,34H,6,13-15,20H2,1-4H3,(H,33,35)/b12-9+. The first kappa shape index (κ1) is 27.8. The summed E-state index contributed by atoms with van der Waals surface area (Å²) in [5.74, 6) is 2.66. The van der Waals surface area contributed by atoms with Crippen LogP contribution in [0.15, 0.2) is 59.2 Å². The number of aldehydes is 1. The molecule has 2 aromatic heterocycles. The predicted octanol–water partition coefficient (Wildman–Crippen LogP) is 5.64. The van der Waals surface area contributed by atoms with Crippen LogP contribution in [0.3, 0.4) is 0 Å². The lowest BCUT2D eigenvalue weighted by atomic mass is 10.1. The number of nitrogens with one attached hydrogen (secondary N) is 2. The molecule has 0 fully saturated rings. The van der Waals surface area contributed by atoms with Crippen molar-refractivity contribution >= 4 is 46.4 Å². The fraction of sp³-hybridized carbons (Fsp3) is 0.281. The van der Waals surface area contributed by atoms with Crippen molar-refractivity contribution in [3.05, 3.63) is 77.2 Å². The number of aromatic nitrogens is 1. The fourth-order valence-corrected chi connectivity index (χ4v) is 5.03. The average molecular weight is 554 g/mol. The highest BCUT2D eigenvalue weighted by Crippen LogP contribution is 2.38. The SMILES string of the molecule is CNc1ncc(/C=C/C(=O)N(C)Cc2c(C)oc3c(Oc4ccc5c(c4)N(C)CC5)cccc23)cc1NCCC=O. The van der Waals surface area contributed by atoms with Crippen molar-refractivity contribution in [2.45, 2.75) is 26.3 Å². The Balaban J connectivity index is 1.30. The molecule has 2 N–H and O–H groups in total. The molecule has 9 nitrogen and oxygen atoms in total. The molecule has 3 heterocycles. The van der Waals surface area contributed by atoms with Gasteiger partial charge in [-0.25, -0.2) is 4.98 Å². The maximum atomic E-state index is 13.0.